The van der Waals surface area contributed by atoms with Gasteiger partial charge in [0.1, 0.15) is 0 Å². The predicted octanol–water partition coefficient (Wildman–Crippen LogP) is 1.28. The number of nitrogens with one attached hydrogen (secondary N) is 1. The SMILES string of the molecule is C=CC(=O)NC1CCCC1n1ccnc1. The monoisotopic (exact) mass is 205 g/mol. The van der Waals surface area contributed by atoms with Crippen LogP contribution in [0.4, 0.5) is 0 Å². The van der Waals surface area contributed by atoms with Gasteiger partial charge in [-0.2, -0.15) is 0 Å². The van der Waals surface area contributed by atoms with E-state index in [9.17, 15) is 4.79 Å². The van der Waals surface area contributed by atoms with Crippen molar-refractivity contribution in [2.75, 3.05) is 0 Å². The molecule has 4 heteroatoms. The summed E-state index contributed by atoms with van der Waals surface area (Å²) in [4.78, 5) is 15.3. The molecular weight excluding hydrogens is 190 g/mol. The molecule has 0 aliphatic heterocycles. The summed E-state index contributed by atoms with van der Waals surface area (Å²) in [6.45, 7) is 3.46. The van der Waals surface area contributed by atoms with E-state index in [-0.39, 0.29) is 11.9 Å². The average molecular weight is 205 g/mol. The Morgan fingerprint density at radius 1 is 1.60 bits per heavy atom. The Balaban J connectivity index is 2.05. The first-order valence-electron chi connectivity index (χ1n) is 5.21. The summed E-state index contributed by atoms with van der Waals surface area (Å²) in [5.41, 5.74) is 0. The number of rotatable bonds is 3. The number of nitrogens with zero attached hydrogens (tertiary/aromatic N) is 2. The van der Waals surface area contributed by atoms with E-state index in [0.717, 1.165) is 19.3 Å². The minimum atomic E-state index is -0.0907. The molecule has 1 fully saturated rings. The summed E-state index contributed by atoms with van der Waals surface area (Å²) >= 11 is 0. The fourth-order valence-corrected chi connectivity index (χ4v) is 2.17. The van der Waals surface area contributed by atoms with Crippen molar-refractivity contribution in [3.8, 4) is 0 Å². The standard InChI is InChI=1S/C11H15N3O/c1-2-11(15)13-9-4-3-5-10(9)14-7-6-12-8-14/h2,6-10H,1,3-5H2,(H,13,15). The van der Waals surface area contributed by atoms with Crippen molar-refractivity contribution >= 4 is 5.91 Å². The molecule has 2 atom stereocenters. The first kappa shape index (κ1) is 9.96. The van der Waals surface area contributed by atoms with Gasteiger partial charge in [-0.25, -0.2) is 4.98 Å². The molecule has 1 aliphatic carbocycles. The van der Waals surface area contributed by atoms with Gasteiger partial charge in [-0.3, -0.25) is 4.79 Å². The van der Waals surface area contributed by atoms with E-state index in [1.165, 1.54) is 6.08 Å². The molecule has 1 N–H and O–H groups in total. The Hall–Kier alpha value is -1.58. The Labute approximate surface area is 89.0 Å². The van der Waals surface area contributed by atoms with Crippen LogP contribution in [-0.4, -0.2) is 21.5 Å². The lowest BCUT2D eigenvalue weighted by Crippen LogP contribution is -2.37. The van der Waals surface area contributed by atoms with Crippen molar-refractivity contribution in [3.63, 3.8) is 0 Å². The van der Waals surface area contributed by atoms with Crippen molar-refractivity contribution < 1.29 is 4.79 Å². The molecule has 1 aromatic heterocycles. The fourth-order valence-electron chi connectivity index (χ4n) is 2.17. The predicted molar refractivity (Wildman–Crippen MR) is 57.2 cm³/mol. The minimum absolute atomic E-state index is 0.0907. The van der Waals surface area contributed by atoms with Gasteiger partial charge in [-0.15, -0.1) is 0 Å². The summed E-state index contributed by atoms with van der Waals surface area (Å²) < 4.78 is 2.07. The number of amides is 1. The summed E-state index contributed by atoms with van der Waals surface area (Å²) in [7, 11) is 0. The molecule has 15 heavy (non-hydrogen) atoms. The van der Waals surface area contributed by atoms with Crippen LogP contribution in [0.1, 0.15) is 25.3 Å². The summed E-state index contributed by atoms with van der Waals surface area (Å²) in [6.07, 6.45) is 10.1. The lowest BCUT2D eigenvalue weighted by atomic mass is 10.1. The quantitative estimate of drug-likeness (QED) is 0.755. The number of hydrogen-bond donors (Lipinski definition) is 1. The van der Waals surface area contributed by atoms with Crippen LogP contribution in [0.15, 0.2) is 31.4 Å². The van der Waals surface area contributed by atoms with Crippen LogP contribution >= 0.6 is 0 Å². The molecule has 80 valence electrons. The lowest BCUT2D eigenvalue weighted by Gasteiger charge is -2.21. The van der Waals surface area contributed by atoms with Crippen LogP contribution in [0, 0.1) is 0 Å². The van der Waals surface area contributed by atoms with Crippen molar-refractivity contribution in [1.82, 2.24) is 14.9 Å². The van der Waals surface area contributed by atoms with Gasteiger partial charge in [0.25, 0.3) is 0 Å². The molecule has 1 amide bonds. The highest BCUT2D eigenvalue weighted by Crippen LogP contribution is 2.29. The highest BCUT2D eigenvalue weighted by Gasteiger charge is 2.28. The topological polar surface area (TPSA) is 46.9 Å². The first-order chi connectivity index (χ1) is 7.31. The second kappa shape index (κ2) is 4.29. The van der Waals surface area contributed by atoms with Gasteiger partial charge < -0.3 is 9.88 Å². The Morgan fingerprint density at radius 2 is 2.47 bits per heavy atom. The first-order valence-corrected chi connectivity index (χ1v) is 5.21. The maximum absolute atomic E-state index is 11.2. The molecule has 2 rings (SSSR count). The Kier molecular flexibility index (Phi) is 2.85. The molecule has 1 heterocycles. The second-order valence-electron chi connectivity index (χ2n) is 3.83. The number of hydrogen-bond acceptors (Lipinski definition) is 2. The van der Waals surface area contributed by atoms with Gasteiger partial charge in [0.2, 0.25) is 5.91 Å². The molecule has 1 aromatic rings. The van der Waals surface area contributed by atoms with Crippen molar-refractivity contribution in [3.05, 3.63) is 31.4 Å². The summed E-state index contributed by atoms with van der Waals surface area (Å²) in [6, 6.07) is 0.557. The molecule has 4 nitrogen and oxygen atoms in total. The van der Waals surface area contributed by atoms with Crippen LogP contribution in [0.5, 0.6) is 0 Å². The van der Waals surface area contributed by atoms with E-state index in [0.29, 0.717) is 6.04 Å². The number of aromatic nitrogens is 2. The average Bonchev–Trinajstić information content (AvgIpc) is 2.86. The molecule has 1 saturated carbocycles. The number of carbonyl (C=O) groups is 1. The van der Waals surface area contributed by atoms with Gasteiger partial charge in [0.15, 0.2) is 0 Å². The zero-order valence-electron chi connectivity index (χ0n) is 8.60. The Morgan fingerprint density at radius 3 is 3.13 bits per heavy atom. The summed E-state index contributed by atoms with van der Waals surface area (Å²) in [5.74, 6) is -0.0907. The Bertz CT molecular complexity index is 345. The molecule has 0 bridgehead atoms. The molecule has 2 unspecified atom stereocenters. The van der Waals surface area contributed by atoms with Crippen LogP contribution in [0.2, 0.25) is 0 Å². The van der Waals surface area contributed by atoms with Crippen molar-refractivity contribution in [2.45, 2.75) is 31.3 Å². The summed E-state index contributed by atoms with van der Waals surface area (Å²) in [5, 5.41) is 2.96. The second-order valence-corrected chi connectivity index (χ2v) is 3.83. The van der Waals surface area contributed by atoms with Gasteiger partial charge in [0.05, 0.1) is 12.4 Å². The number of imidazole rings is 1. The van der Waals surface area contributed by atoms with E-state index >= 15 is 0 Å². The minimum Gasteiger partial charge on any atom is -0.348 e. The van der Waals surface area contributed by atoms with Gasteiger partial charge >= 0.3 is 0 Å². The molecular formula is C11H15N3O. The third kappa shape index (κ3) is 2.09. The van der Waals surface area contributed by atoms with E-state index in [1.807, 2.05) is 12.5 Å². The number of carbonyl (C=O) groups excluding carboxylic acids is 1. The van der Waals surface area contributed by atoms with Crippen LogP contribution in [-0.2, 0) is 4.79 Å². The zero-order valence-corrected chi connectivity index (χ0v) is 8.60. The highest BCUT2D eigenvalue weighted by molar-refractivity contribution is 5.87. The van der Waals surface area contributed by atoms with E-state index in [1.54, 1.807) is 6.20 Å². The van der Waals surface area contributed by atoms with E-state index in [2.05, 4.69) is 21.4 Å². The van der Waals surface area contributed by atoms with Gasteiger partial charge in [-0.1, -0.05) is 6.58 Å². The maximum atomic E-state index is 11.2. The molecule has 0 saturated heterocycles. The maximum Gasteiger partial charge on any atom is 0.243 e. The van der Waals surface area contributed by atoms with E-state index < -0.39 is 0 Å². The van der Waals surface area contributed by atoms with Crippen LogP contribution in [0.3, 0.4) is 0 Å². The normalized spacial score (nSPS) is 25.1. The van der Waals surface area contributed by atoms with Crippen LogP contribution < -0.4 is 5.32 Å². The smallest absolute Gasteiger partial charge is 0.243 e. The van der Waals surface area contributed by atoms with Crippen LogP contribution in [0.25, 0.3) is 0 Å². The molecule has 1 aliphatic rings. The lowest BCUT2D eigenvalue weighted by molar-refractivity contribution is -0.117. The van der Waals surface area contributed by atoms with Crippen molar-refractivity contribution in [1.29, 1.82) is 0 Å². The van der Waals surface area contributed by atoms with E-state index in [4.69, 9.17) is 0 Å². The fraction of sp³-hybridized carbons (Fsp3) is 0.455. The molecule has 0 aromatic carbocycles. The van der Waals surface area contributed by atoms with Crippen molar-refractivity contribution in [2.24, 2.45) is 0 Å². The largest absolute Gasteiger partial charge is 0.348 e. The highest BCUT2D eigenvalue weighted by atomic mass is 16.1. The third-order valence-corrected chi connectivity index (χ3v) is 2.90. The van der Waals surface area contributed by atoms with Gasteiger partial charge in [-0.05, 0) is 25.3 Å². The molecule has 0 radical (unpaired) electrons. The zero-order chi connectivity index (χ0) is 10.7. The van der Waals surface area contributed by atoms with Gasteiger partial charge in [0, 0.05) is 18.4 Å². The third-order valence-electron chi connectivity index (χ3n) is 2.90. The molecule has 0 spiro atoms.